The highest BCUT2D eigenvalue weighted by atomic mass is 16.2. The fraction of sp³-hybridized carbons (Fsp3) is 0.111. The van der Waals surface area contributed by atoms with E-state index in [0.29, 0.717) is 5.56 Å². The molecule has 3 rings (SSSR count). The molecule has 2 N–H and O–H groups in total. The summed E-state index contributed by atoms with van der Waals surface area (Å²) < 4.78 is 0. The Kier molecular flexibility index (Phi) is 4.10. The number of hydrogen-bond acceptors (Lipinski definition) is 3. The molecule has 0 saturated heterocycles. The molecule has 0 radical (unpaired) electrons. The minimum absolute atomic E-state index is 0.233. The van der Waals surface area contributed by atoms with Crippen molar-refractivity contribution in [2.75, 3.05) is 19.0 Å². The molecule has 5 nitrogen and oxygen atoms in total. The van der Waals surface area contributed by atoms with Crippen molar-refractivity contribution in [2.45, 2.75) is 0 Å². The zero-order valence-electron chi connectivity index (χ0n) is 13.1. The molecule has 0 unspecified atom stereocenters. The summed E-state index contributed by atoms with van der Waals surface area (Å²) in [4.78, 5) is 17.3. The smallest absolute Gasteiger partial charge is 0.273 e. The fourth-order valence-corrected chi connectivity index (χ4v) is 2.34. The normalized spacial score (nSPS) is 11.0. The first-order valence-corrected chi connectivity index (χ1v) is 7.32. The lowest BCUT2D eigenvalue weighted by Gasteiger charge is -2.11. The highest BCUT2D eigenvalue weighted by Gasteiger charge is 2.10. The van der Waals surface area contributed by atoms with Crippen LogP contribution >= 0.6 is 0 Å². The van der Waals surface area contributed by atoms with Gasteiger partial charge in [-0.05, 0) is 23.8 Å². The molecule has 0 aliphatic heterocycles. The average molecular weight is 306 g/mol. The van der Waals surface area contributed by atoms with E-state index in [0.717, 1.165) is 22.2 Å². The van der Waals surface area contributed by atoms with Crippen LogP contribution in [-0.4, -0.2) is 31.2 Å². The lowest BCUT2D eigenvalue weighted by molar-refractivity contribution is 0.0957. The van der Waals surface area contributed by atoms with Crippen molar-refractivity contribution >= 4 is 28.7 Å². The Bertz CT molecular complexity index is 847. The molecule has 2 aromatic carbocycles. The maximum absolute atomic E-state index is 12.2. The van der Waals surface area contributed by atoms with Crippen LogP contribution in [0.4, 0.5) is 5.69 Å². The van der Waals surface area contributed by atoms with Gasteiger partial charge in [-0.1, -0.05) is 30.3 Å². The van der Waals surface area contributed by atoms with Crippen molar-refractivity contribution in [3.05, 3.63) is 65.9 Å². The SMILES string of the molecule is CN(C)c1ccc(/C=N\NC(=O)c2c[nH]c3ccccc23)cc1. The van der Waals surface area contributed by atoms with Gasteiger partial charge in [0.1, 0.15) is 0 Å². The first-order valence-electron chi connectivity index (χ1n) is 7.32. The Morgan fingerprint density at radius 3 is 2.61 bits per heavy atom. The zero-order valence-corrected chi connectivity index (χ0v) is 13.1. The minimum Gasteiger partial charge on any atom is -0.378 e. The van der Waals surface area contributed by atoms with Gasteiger partial charge in [0.25, 0.3) is 5.91 Å². The second-order valence-corrected chi connectivity index (χ2v) is 5.43. The van der Waals surface area contributed by atoms with E-state index in [1.165, 1.54) is 0 Å². The van der Waals surface area contributed by atoms with Crippen molar-refractivity contribution in [3.8, 4) is 0 Å². The summed E-state index contributed by atoms with van der Waals surface area (Å²) in [5.41, 5.74) is 6.12. The van der Waals surface area contributed by atoms with E-state index < -0.39 is 0 Å². The summed E-state index contributed by atoms with van der Waals surface area (Å²) >= 11 is 0. The van der Waals surface area contributed by atoms with Crippen LogP contribution in [0.25, 0.3) is 10.9 Å². The number of rotatable bonds is 4. The van der Waals surface area contributed by atoms with Gasteiger partial charge in [-0.15, -0.1) is 0 Å². The summed E-state index contributed by atoms with van der Waals surface area (Å²) in [5.74, 6) is -0.233. The third-order valence-corrected chi connectivity index (χ3v) is 3.62. The van der Waals surface area contributed by atoms with Crippen LogP contribution in [0, 0.1) is 0 Å². The molecule has 5 heteroatoms. The molecule has 1 heterocycles. The number of aromatic nitrogens is 1. The van der Waals surface area contributed by atoms with E-state index in [-0.39, 0.29) is 5.91 Å². The molecule has 0 fully saturated rings. The van der Waals surface area contributed by atoms with Crippen LogP contribution in [-0.2, 0) is 0 Å². The molecule has 1 aromatic heterocycles. The maximum atomic E-state index is 12.2. The number of nitrogens with zero attached hydrogens (tertiary/aromatic N) is 2. The Hall–Kier alpha value is -3.08. The van der Waals surface area contributed by atoms with Crippen LogP contribution in [0.1, 0.15) is 15.9 Å². The number of H-pyrrole nitrogens is 1. The maximum Gasteiger partial charge on any atom is 0.273 e. The van der Waals surface area contributed by atoms with Gasteiger partial charge in [-0.3, -0.25) is 4.79 Å². The number of hydrogen-bond donors (Lipinski definition) is 2. The van der Waals surface area contributed by atoms with E-state index >= 15 is 0 Å². The minimum atomic E-state index is -0.233. The standard InChI is InChI=1S/C18H18N4O/c1-22(2)14-9-7-13(8-10-14)11-20-21-18(23)16-12-19-17-6-4-3-5-15(16)17/h3-12,19H,1-2H3,(H,21,23)/b20-11-. The number of aromatic amines is 1. The van der Waals surface area contributed by atoms with Crippen LogP contribution in [0.15, 0.2) is 59.8 Å². The van der Waals surface area contributed by atoms with Crippen molar-refractivity contribution in [2.24, 2.45) is 5.10 Å². The van der Waals surface area contributed by atoms with Crippen LogP contribution < -0.4 is 10.3 Å². The van der Waals surface area contributed by atoms with Gasteiger partial charge in [-0.2, -0.15) is 5.10 Å². The molecule has 0 saturated carbocycles. The highest BCUT2D eigenvalue weighted by molar-refractivity contribution is 6.06. The van der Waals surface area contributed by atoms with Crippen LogP contribution in [0.5, 0.6) is 0 Å². The average Bonchev–Trinajstić information content (AvgIpc) is 2.99. The molecule has 0 spiro atoms. The van der Waals surface area contributed by atoms with Crippen molar-refractivity contribution in [1.82, 2.24) is 10.4 Å². The van der Waals surface area contributed by atoms with Gasteiger partial charge in [0.15, 0.2) is 0 Å². The quantitative estimate of drug-likeness (QED) is 0.575. The zero-order chi connectivity index (χ0) is 16.2. The Morgan fingerprint density at radius 2 is 1.87 bits per heavy atom. The first-order chi connectivity index (χ1) is 11.1. The molecule has 0 atom stereocenters. The number of carbonyl (C=O) groups is 1. The fourth-order valence-electron chi connectivity index (χ4n) is 2.34. The number of para-hydroxylation sites is 1. The summed E-state index contributed by atoms with van der Waals surface area (Å²) in [7, 11) is 3.98. The summed E-state index contributed by atoms with van der Waals surface area (Å²) in [5, 5.41) is 4.91. The number of benzene rings is 2. The van der Waals surface area contributed by atoms with E-state index in [2.05, 4.69) is 15.5 Å². The van der Waals surface area contributed by atoms with Gasteiger partial charge in [0, 0.05) is 36.9 Å². The van der Waals surface area contributed by atoms with Crippen molar-refractivity contribution in [3.63, 3.8) is 0 Å². The van der Waals surface area contributed by atoms with E-state index in [1.807, 2.05) is 67.5 Å². The number of amides is 1. The molecule has 0 aliphatic carbocycles. The highest BCUT2D eigenvalue weighted by Crippen LogP contribution is 2.17. The molecule has 0 bridgehead atoms. The van der Waals surface area contributed by atoms with Gasteiger partial charge in [-0.25, -0.2) is 5.43 Å². The first kappa shape index (κ1) is 14.8. The van der Waals surface area contributed by atoms with Crippen LogP contribution in [0.3, 0.4) is 0 Å². The largest absolute Gasteiger partial charge is 0.378 e. The van der Waals surface area contributed by atoms with Gasteiger partial charge in [0.05, 0.1) is 11.8 Å². The lowest BCUT2D eigenvalue weighted by Crippen LogP contribution is -2.17. The topological polar surface area (TPSA) is 60.5 Å². The van der Waals surface area contributed by atoms with Gasteiger partial charge >= 0.3 is 0 Å². The molecule has 23 heavy (non-hydrogen) atoms. The predicted octanol–water partition coefficient (Wildman–Crippen LogP) is 3.00. The third kappa shape index (κ3) is 3.23. The second-order valence-electron chi connectivity index (χ2n) is 5.43. The summed E-state index contributed by atoms with van der Waals surface area (Å²) in [6.45, 7) is 0. The Morgan fingerprint density at radius 1 is 1.13 bits per heavy atom. The number of nitrogens with one attached hydrogen (secondary N) is 2. The van der Waals surface area contributed by atoms with E-state index in [4.69, 9.17) is 0 Å². The van der Waals surface area contributed by atoms with Crippen molar-refractivity contribution in [1.29, 1.82) is 0 Å². The monoisotopic (exact) mass is 306 g/mol. The number of hydrazone groups is 1. The van der Waals surface area contributed by atoms with E-state index in [9.17, 15) is 4.79 Å². The summed E-state index contributed by atoms with van der Waals surface area (Å²) in [6, 6.07) is 15.6. The molecule has 116 valence electrons. The molecule has 3 aromatic rings. The molecule has 1 amide bonds. The van der Waals surface area contributed by atoms with E-state index in [1.54, 1.807) is 12.4 Å². The molecular formula is C18H18N4O. The number of carbonyl (C=O) groups excluding carboxylic acids is 1. The van der Waals surface area contributed by atoms with Crippen LogP contribution in [0.2, 0.25) is 0 Å². The van der Waals surface area contributed by atoms with Gasteiger partial charge < -0.3 is 9.88 Å². The molecular weight excluding hydrogens is 288 g/mol. The lowest BCUT2D eigenvalue weighted by atomic mass is 10.2. The number of anilines is 1. The van der Waals surface area contributed by atoms with Gasteiger partial charge in [0.2, 0.25) is 0 Å². The third-order valence-electron chi connectivity index (χ3n) is 3.62. The predicted molar refractivity (Wildman–Crippen MR) is 94.1 cm³/mol. The molecule has 0 aliphatic rings. The Balaban J connectivity index is 1.69. The number of fused-ring (bicyclic) bond motifs is 1. The van der Waals surface area contributed by atoms with Crippen molar-refractivity contribution < 1.29 is 4.79 Å². The summed E-state index contributed by atoms with van der Waals surface area (Å²) in [6.07, 6.45) is 3.33. The second kappa shape index (κ2) is 6.36. The Labute approximate surface area is 134 Å².